The molecule has 0 unspecified atom stereocenters. The highest BCUT2D eigenvalue weighted by Crippen LogP contribution is 2.05. The minimum absolute atomic E-state index is 0.117. The highest BCUT2D eigenvalue weighted by molar-refractivity contribution is 5.97. The Labute approximate surface area is 65.9 Å². The van der Waals surface area contributed by atoms with Gasteiger partial charge in [0.05, 0.1) is 0 Å². The van der Waals surface area contributed by atoms with E-state index < -0.39 is 0 Å². The summed E-state index contributed by atoms with van der Waals surface area (Å²) in [6.07, 6.45) is 5.55. The van der Waals surface area contributed by atoms with E-state index in [0.717, 1.165) is 11.1 Å². The van der Waals surface area contributed by atoms with Crippen LogP contribution in [0.5, 0.6) is 0 Å². The summed E-state index contributed by atoms with van der Waals surface area (Å²) in [6, 6.07) is 1.92. The van der Waals surface area contributed by atoms with Crippen molar-refractivity contribution in [3.05, 3.63) is 29.6 Å². The second-order valence-corrected chi connectivity index (χ2v) is 2.53. The second-order valence-electron chi connectivity index (χ2n) is 2.53. The van der Waals surface area contributed by atoms with Gasteiger partial charge >= 0.3 is 0 Å². The second kappa shape index (κ2) is 3.19. The van der Waals surface area contributed by atoms with Crippen LogP contribution in [0, 0.1) is 0 Å². The molecule has 0 fully saturated rings. The van der Waals surface area contributed by atoms with Crippen molar-refractivity contribution in [1.29, 1.82) is 0 Å². The number of H-pyrrole nitrogens is 1. The van der Waals surface area contributed by atoms with Crippen LogP contribution in [0.1, 0.15) is 19.4 Å². The summed E-state index contributed by atoms with van der Waals surface area (Å²) >= 11 is 0. The largest absolute Gasteiger partial charge is 0.367 e. The van der Waals surface area contributed by atoms with Crippen LogP contribution in [0.15, 0.2) is 24.0 Å². The van der Waals surface area contributed by atoms with Gasteiger partial charge in [-0.3, -0.25) is 4.79 Å². The SMILES string of the molecule is CC(=O)/C(C)=C/c1cc[nH]c1. The van der Waals surface area contributed by atoms with Gasteiger partial charge in [0.25, 0.3) is 0 Å². The Kier molecular flexibility index (Phi) is 2.26. The maximum atomic E-state index is 10.8. The third-order valence-electron chi connectivity index (χ3n) is 1.56. The average molecular weight is 149 g/mol. The number of hydrogen-bond acceptors (Lipinski definition) is 1. The molecule has 2 heteroatoms. The quantitative estimate of drug-likeness (QED) is 0.641. The number of aromatic amines is 1. The zero-order valence-corrected chi connectivity index (χ0v) is 6.72. The summed E-state index contributed by atoms with van der Waals surface area (Å²) in [6.45, 7) is 3.38. The van der Waals surface area contributed by atoms with Crippen molar-refractivity contribution in [2.75, 3.05) is 0 Å². The molecule has 58 valence electrons. The minimum Gasteiger partial charge on any atom is -0.367 e. The molecule has 0 aliphatic heterocycles. The standard InChI is InChI=1S/C9H11NO/c1-7(8(2)11)5-9-3-4-10-6-9/h3-6,10H,1-2H3/b7-5+. The van der Waals surface area contributed by atoms with Gasteiger partial charge < -0.3 is 4.98 Å². The maximum Gasteiger partial charge on any atom is 0.155 e. The summed E-state index contributed by atoms with van der Waals surface area (Å²) in [5, 5.41) is 0. The van der Waals surface area contributed by atoms with Crippen LogP contribution in [-0.4, -0.2) is 10.8 Å². The number of carbonyl (C=O) groups excluding carboxylic acids is 1. The van der Waals surface area contributed by atoms with E-state index in [1.807, 2.05) is 31.5 Å². The molecule has 1 N–H and O–H groups in total. The van der Waals surface area contributed by atoms with Gasteiger partial charge in [-0.1, -0.05) is 0 Å². The fourth-order valence-electron chi connectivity index (χ4n) is 0.778. The molecule has 0 saturated carbocycles. The molecule has 0 atom stereocenters. The van der Waals surface area contributed by atoms with Crippen LogP contribution < -0.4 is 0 Å². The number of hydrogen-bond donors (Lipinski definition) is 1. The van der Waals surface area contributed by atoms with E-state index in [0.29, 0.717) is 0 Å². The number of carbonyl (C=O) groups is 1. The van der Waals surface area contributed by atoms with E-state index in [-0.39, 0.29) is 5.78 Å². The molecule has 1 aromatic heterocycles. The molecule has 0 aliphatic carbocycles. The Balaban J connectivity index is 2.82. The van der Waals surface area contributed by atoms with Crippen LogP contribution in [0.2, 0.25) is 0 Å². The Morgan fingerprint density at radius 3 is 2.73 bits per heavy atom. The molecule has 11 heavy (non-hydrogen) atoms. The van der Waals surface area contributed by atoms with E-state index in [2.05, 4.69) is 4.98 Å². The molecule has 0 aromatic carbocycles. The fourth-order valence-corrected chi connectivity index (χ4v) is 0.778. The lowest BCUT2D eigenvalue weighted by atomic mass is 10.1. The first-order valence-corrected chi connectivity index (χ1v) is 3.52. The van der Waals surface area contributed by atoms with Gasteiger partial charge in [-0.15, -0.1) is 0 Å². The Bertz CT molecular complexity index is 270. The number of aromatic nitrogens is 1. The molecule has 0 bridgehead atoms. The normalized spacial score (nSPS) is 11.6. The van der Waals surface area contributed by atoms with Crippen molar-refractivity contribution < 1.29 is 4.79 Å². The smallest absolute Gasteiger partial charge is 0.155 e. The first-order valence-electron chi connectivity index (χ1n) is 3.52. The number of rotatable bonds is 2. The zero-order chi connectivity index (χ0) is 8.27. The van der Waals surface area contributed by atoms with Crippen molar-refractivity contribution in [3.63, 3.8) is 0 Å². The summed E-state index contributed by atoms with van der Waals surface area (Å²) in [7, 11) is 0. The van der Waals surface area contributed by atoms with Gasteiger partial charge in [0.2, 0.25) is 0 Å². The monoisotopic (exact) mass is 149 g/mol. The zero-order valence-electron chi connectivity index (χ0n) is 6.72. The predicted octanol–water partition coefficient (Wildman–Crippen LogP) is 2.01. The number of nitrogens with one attached hydrogen (secondary N) is 1. The third kappa shape index (κ3) is 2.08. The van der Waals surface area contributed by atoms with Crippen LogP contribution in [-0.2, 0) is 4.79 Å². The lowest BCUT2D eigenvalue weighted by Gasteiger charge is -1.90. The van der Waals surface area contributed by atoms with E-state index in [9.17, 15) is 4.79 Å². The first-order chi connectivity index (χ1) is 5.20. The van der Waals surface area contributed by atoms with Crippen LogP contribution in [0.3, 0.4) is 0 Å². The highest BCUT2D eigenvalue weighted by atomic mass is 16.1. The van der Waals surface area contributed by atoms with E-state index >= 15 is 0 Å². The molecule has 2 nitrogen and oxygen atoms in total. The summed E-state index contributed by atoms with van der Waals surface area (Å²) in [4.78, 5) is 13.7. The Hall–Kier alpha value is -1.31. The molecular formula is C9H11NO. The highest BCUT2D eigenvalue weighted by Gasteiger charge is 1.95. The lowest BCUT2D eigenvalue weighted by molar-refractivity contribution is -0.113. The van der Waals surface area contributed by atoms with Crippen molar-refractivity contribution in [3.8, 4) is 0 Å². The molecule has 1 rings (SSSR count). The topological polar surface area (TPSA) is 32.9 Å². The maximum absolute atomic E-state index is 10.8. The van der Waals surface area contributed by atoms with Gasteiger partial charge in [-0.25, -0.2) is 0 Å². The van der Waals surface area contributed by atoms with Gasteiger partial charge in [-0.2, -0.15) is 0 Å². The van der Waals surface area contributed by atoms with E-state index in [4.69, 9.17) is 0 Å². The molecule has 1 heterocycles. The summed E-state index contributed by atoms with van der Waals surface area (Å²) in [5.41, 5.74) is 1.82. The fraction of sp³-hybridized carbons (Fsp3) is 0.222. The third-order valence-corrected chi connectivity index (χ3v) is 1.56. The van der Waals surface area contributed by atoms with Crippen LogP contribution in [0.4, 0.5) is 0 Å². The van der Waals surface area contributed by atoms with Crippen molar-refractivity contribution in [2.24, 2.45) is 0 Å². The first kappa shape index (κ1) is 7.79. The number of ketones is 1. The molecule has 1 aromatic rings. The molecule has 0 radical (unpaired) electrons. The minimum atomic E-state index is 0.117. The van der Waals surface area contributed by atoms with Crippen molar-refractivity contribution in [1.82, 2.24) is 4.98 Å². The Morgan fingerprint density at radius 1 is 1.55 bits per heavy atom. The molecule has 0 spiro atoms. The Morgan fingerprint density at radius 2 is 2.27 bits per heavy atom. The lowest BCUT2D eigenvalue weighted by Crippen LogP contribution is -1.89. The van der Waals surface area contributed by atoms with Crippen molar-refractivity contribution >= 4 is 11.9 Å². The number of allylic oxidation sites excluding steroid dienone is 1. The van der Waals surface area contributed by atoms with Gasteiger partial charge in [-0.05, 0) is 37.1 Å². The predicted molar refractivity (Wildman–Crippen MR) is 45.1 cm³/mol. The van der Waals surface area contributed by atoms with Gasteiger partial charge in [0, 0.05) is 12.4 Å². The average Bonchev–Trinajstić information content (AvgIpc) is 2.39. The molecule has 0 saturated heterocycles. The molecular weight excluding hydrogens is 138 g/mol. The van der Waals surface area contributed by atoms with Crippen LogP contribution >= 0.6 is 0 Å². The molecule has 0 aliphatic rings. The van der Waals surface area contributed by atoms with Gasteiger partial charge in [0.1, 0.15) is 0 Å². The van der Waals surface area contributed by atoms with Gasteiger partial charge in [0.15, 0.2) is 5.78 Å². The van der Waals surface area contributed by atoms with Crippen molar-refractivity contribution in [2.45, 2.75) is 13.8 Å². The summed E-state index contributed by atoms with van der Waals surface area (Å²) < 4.78 is 0. The van der Waals surface area contributed by atoms with E-state index in [1.54, 1.807) is 6.92 Å². The van der Waals surface area contributed by atoms with Crippen LogP contribution in [0.25, 0.3) is 6.08 Å². The van der Waals surface area contributed by atoms with E-state index in [1.165, 1.54) is 0 Å². The summed E-state index contributed by atoms with van der Waals surface area (Å²) in [5.74, 6) is 0.117. The molecule has 0 amide bonds. The number of Topliss-reactive ketones (excluding diaryl/α,β-unsaturated/α-hetero) is 1.